The van der Waals surface area contributed by atoms with E-state index in [1.165, 1.54) is 0 Å². The second kappa shape index (κ2) is 9.68. The summed E-state index contributed by atoms with van der Waals surface area (Å²) in [4.78, 5) is 23.2. The lowest BCUT2D eigenvalue weighted by Gasteiger charge is -2.12. The number of thioether (sulfide) groups is 1. The van der Waals surface area contributed by atoms with Gasteiger partial charge in [-0.2, -0.15) is 0 Å². The van der Waals surface area contributed by atoms with E-state index in [2.05, 4.69) is 5.32 Å². The number of carbonyl (C=O) groups is 2. The largest absolute Gasteiger partial charge is 0.481 e. The van der Waals surface area contributed by atoms with Crippen molar-refractivity contribution < 1.29 is 14.7 Å². The second-order valence-corrected chi connectivity index (χ2v) is 6.41. The Bertz CT molecular complexity index is 464. The van der Waals surface area contributed by atoms with Crippen LogP contribution >= 0.6 is 23.4 Å². The van der Waals surface area contributed by atoms with Crippen LogP contribution in [0.5, 0.6) is 0 Å². The van der Waals surface area contributed by atoms with Crippen molar-refractivity contribution in [1.82, 2.24) is 5.32 Å². The smallest absolute Gasteiger partial charge is 0.303 e. The minimum absolute atomic E-state index is 0.0235. The summed E-state index contributed by atoms with van der Waals surface area (Å²) in [5.74, 6) is -0.00138. The van der Waals surface area contributed by atoms with Gasteiger partial charge in [0.25, 0.3) is 0 Å². The summed E-state index contributed by atoms with van der Waals surface area (Å²) in [6.45, 7) is 1.82. The van der Waals surface area contributed by atoms with Crippen LogP contribution in [-0.4, -0.2) is 28.8 Å². The first-order valence-electron chi connectivity index (χ1n) is 6.87. The maximum absolute atomic E-state index is 11.7. The number of carboxylic acids is 1. The van der Waals surface area contributed by atoms with Gasteiger partial charge >= 0.3 is 5.97 Å². The molecule has 116 valence electrons. The molecule has 0 aliphatic rings. The zero-order valence-electron chi connectivity index (χ0n) is 12.0. The van der Waals surface area contributed by atoms with E-state index in [9.17, 15) is 9.59 Å². The Balaban J connectivity index is 2.13. The average Bonchev–Trinajstić information content (AvgIpc) is 2.43. The number of aliphatic carboxylic acids is 1. The van der Waals surface area contributed by atoms with Crippen molar-refractivity contribution in [2.24, 2.45) is 0 Å². The first-order valence-corrected chi connectivity index (χ1v) is 8.23. The van der Waals surface area contributed by atoms with E-state index in [-0.39, 0.29) is 18.4 Å². The van der Waals surface area contributed by atoms with Crippen LogP contribution in [-0.2, 0) is 9.59 Å². The summed E-state index contributed by atoms with van der Waals surface area (Å²) in [6, 6.07) is 7.52. The first kappa shape index (κ1) is 17.9. The number of carbonyl (C=O) groups excluding carboxylic acids is 1. The van der Waals surface area contributed by atoms with Crippen LogP contribution in [0.4, 0.5) is 0 Å². The van der Waals surface area contributed by atoms with Gasteiger partial charge in [-0.3, -0.25) is 9.59 Å². The van der Waals surface area contributed by atoms with E-state index < -0.39 is 5.97 Å². The predicted octanol–water partition coefficient (Wildman–Crippen LogP) is 3.58. The third kappa shape index (κ3) is 8.63. The molecular formula is C15H20ClNO3S. The Hall–Kier alpha value is -1.20. The van der Waals surface area contributed by atoms with E-state index in [1.54, 1.807) is 11.8 Å². The molecule has 1 amide bonds. The summed E-state index contributed by atoms with van der Waals surface area (Å²) in [5.41, 5.74) is 0. The van der Waals surface area contributed by atoms with Crippen molar-refractivity contribution in [3.63, 3.8) is 0 Å². The van der Waals surface area contributed by atoms with Crippen LogP contribution in [0, 0.1) is 0 Å². The molecular weight excluding hydrogens is 310 g/mol. The molecule has 0 saturated carbocycles. The van der Waals surface area contributed by atoms with Crippen molar-refractivity contribution in [2.75, 3.05) is 5.75 Å². The number of nitrogens with one attached hydrogen (secondary N) is 1. The molecule has 0 radical (unpaired) electrons. The number of rotatable bonds is 9. The molecule has 0 aliphatic carbocycles. The van der Waals surface area contributed by atoms with Crippen LogP contribution in [0.15, 0.2) is 29.2 Å². The Morgan fingerprint density at radius 3 is 2.57 bits per heavy atom. The molecule has 4 nitrogen and oxygen atoms in total. The van der Waals surface area contributed by atoms with Gasteiger partial charge in [0.05, 0.1) is 0 Å². The zero-order chi connectivity index (χ0) is 15.7. The van der Waals surface area contributed by atoms with Gasteiger partial charge in [-0.05, 0) is 49.8 Å². The van der Waals surface area contributed by atoms with E-state index >= 15 is 0 Å². The van der Waals surface area contributed by atoms with Crippen LogP contribution in [0.1, 0.15) is 32.6 Å². The van der Waals surface area contributed by atoms with Crippen molar-refractivity contribution >= 4 is 35.2 Å². The number of benzene rings is 1. The van der Waals surface area contributed by atoms with Gasteiger partial charge in [-0.1, -0.05) is 11.6 Å². The molecule has 0 aliphatic heterocycles. The van der Waals surface area contributed by atoms with Crippen molar-refractivity contribution in [3.05, 3.63) is 29.3 Å². The normalized spacial score (nSPS) is 11.9. The molecule has 1 atom stereocenters. The van der Waals surface area contributed by atoms with Gasteiger partial charge in [-0.15, -0.1) is 11.8 Å². The number of carboxylic acid groups (broad SMARTS) is 1. The van der Waals surface area contributed by atoms with Crippen LogP contribution in [0.3, 0.4) is 0 Å². The van der Waals surface area contributed by atoms with Gasteiger partial charge in [-0.25, -0.2) is 0 Å². The van der Waals surface area contributed by atoms with Crippen LogP contribution in [0.25, 0.3) is 0 Å². The second-order valence-electron chi connectivity index (χ2n) is 4.81. The Morgan fingerprint density at radius 2 is 1.95 bits per heavy atom. The summed E-state index contributed by atoms with van der Waals surface area (Å²) >= 11 is 7.50. The summed E-state index contributed by atoms with van der Waals surface area (Å²) < 4.78 is 0. The van der Waals surface area contributed by atoms with Crippen molar-refractivity contribution in [2.45, 2.75) is 43.5 Å². The summed E-state index contributed by atoms with van der Waals surface area (Å²) in [5, 5.41) is 12.1. The van der Waals surface area contributed by atoms with Gasteiger partial charge < -0.3 is 10.4 Å². The van der Waals surface area contributed by atoms with Crippen LogP contribution < -0.4 is 5.32 Å². The molecule has 6 heteroatoms. The first-order chi connectivity index (χ1) is 9.97. The van der Waals surface area contributed by atoms with Gasteiger partial charge in [0.1, 0.15) is 0 Å². The topological polar surface area (TPSA) is 66.4 Å². The van der Waals surface area contributed by atoms with Crippen molar-refractivity contribution in [1.29, 1.82) is 0 Å². The summed E-state index contributed by atoms with van der Waals surface area (Å²) in [6.07, 6.45) is 1.78. The van der Waals surface area contributed by atoms with E-state index in [1.807, 2.05) is 31.2 Å². The third-order valence-corrected chi connectivity index (χ3v) is 4.18. The predicted molar refractivity (Wildman–Crippen MR) is 85.9 cm³/mol. The fraction of sp³-hybridized carbons (Fsp3) is 0.467. The maximum atomic E-state index is 11.7. The Morgan fingerprint density at radius 1 is 1.29 bits per heavy atom. The van der Waals surface area contributed by atoms with E-state index in [0.29, 0.717) is 17.9 Å². The SMILES string of the molecule is CC(CCC(=O)O)NC(=O)CCCSc1ccc(Cl)cc1. The molecule has 0 bridgehead atoms. The fourth-order valence-electron chi connectivity index (χ4n) is 1.71. The molecule has 0 fully saturated rings. The zero-order valence-corrected chi connectivity index (χ0v) is 13.5. The van der Waals surface area contributed by atoms with Gasteiger partial charge in [0.2, 0.25) is 5.91 Å². The molecule has 0 aromatic heterocycles. The molecule has 0 spiro atoms. The molecule has 0 saturated heterocycles. The number of amides is 1. The molecule has 1 unspecified atom stereocenters. The minimum atomic E-state index is -0.838. The standard InChI is InChI=1S/C15H20ClNO3S/c1-11(4-9-15(19)20)17-14(18)3-2-10-21-13-7-5-12(16)6-8-13/h5-8,11H,2-4,9-10H2,1H3,(H,17,18)(H,19,20). The highest BCUT2D eigenvalue weighted by molar-refractivity contribution is 7.99. The Labute approximate surface area is 134 Å². The van der Waals surface area contributed by atoms with Crippen LogP contribution in [0.2, 0.25) is 5.02 Å². The monoisotopic (exact) mass is 329 g/mol. The molecule has 0 heterocycles. The lowest BCUT2D eigenvalue weighted by molar-refractivity contribution is -0.137. The third-order valence-electron chi connectivity index (χ3n) is 2.83. The minimum Gasteiger partial charge on any atom is -0.481 e. The van der Waals surface area contributed by atoms with Crippen molar-refractivity contribution in [3.8, 4) is 0 Å². The highest BCUT2D eigenvalue weighted by Gasteiger charge is 2.09. The van der Waals surface area contributed by atoms with Gasteiger partial charge in [0.15, 0.2) is 0 Å². The lowest BCUT2D eigenvalue weighted by atomic mass is 10.2. The van der Waals surface area contributed by atoms with E-state index in [0.717, 1.165) is 17.1 Å². The highest BCUT2D eigenvalue weighted by atomic mass is 35.5. The Kier molecular flexibility index (Phi) is 8.23. The number of hydrogen-bond acceptors (Lipinski definition) is 3. The number of hydrogen-bond donors (Lipinski definition) is 2. The lowest BCUT2D eigenvalue weighted by Crippen LogP contribution is -2.32. The highest BCUT2D eigenvalue weighted by Crippen LogP contribution is 2.21. The molecule has 1 rings (SSSR count). The average molecular weight is 330 g/mol. The molecule has 1 aromatic carbocycles. The fourth-order valence-corrected chi connectivity index (χ4v) is 2.69. The van der Waals surface area contributed by atoms with Gasteiger partial charge in [0, 0.05) is 28.8 Å². The quantitative estimate of drug-likeness (QED) is 0.537. The number of halogens is 1. The molecule has 1 aromatic rings. The summed E-state index contributed by atoms with van der Waals surface area (Å²) in [7, 11) is 0. The maximum Gasteiger partial charge on any atom is 0.303 e. The molecule has 21 heavy (non-hydrogen) atoms. The van der Waals surface area contributed by atoms with E-state index in [4.69, 9.17) is 16.7 Å². The molecule has 2 N–H and O–H groups in total.